The van der Waals surface area contributed by atoms with Crippen LogP contribution in [0, 0.1) is 0 Å². The summed E-state index contributed by atoms with van der Waals surface area (Å²) in [6.45, 7) is 23.5. The number of piperazine rings is 2. The molecule has 0 spiro atoms. The van der Waals surface area contributed by atoms with Gasteiger partial charge in [-0.2, -0.15) is 0 Å². The van der Waals surface area contributed by atoms with Crippen LogP contribution in [0.3, 0.4) is 0 Å². The molecule has 4 rings (SSSR count). The second kappa shape index (κ2) is 14.1. The molecule has 0 unspecified atom stereocenters. The molecular formula is C34H52N6O2. The predicted octanol–water partition coefficient (Wildman–Crippen LogP) is 4.04. The van der Waals surface area contributed by atoms with E-state index in [9.17, 15) is 10.2 Å². The summed E-state index contributed by atoms with van der Waals surface area (Å²) in [6.07, 6.45) is 3.56. The Labute approximate surface area is 253 Å². The monoisotopic (exact) mass is 576 g/mol. The molecule has 2 aliphatic rings. The van der Waals surface area contributed by atoms with Gasteiger partial charge < -0.3 is 20.8 Å². The first-order valence-corrected chi connectivity index (χ1v) is 15.5. The highest BCUT2D eigenvalue weighted by atomic mass is 16.3. The average Bonchev–Trinajstić information content (AvgIpc) is 2.94. The van der Waals surface area contributed by atoms with Crippen molar-refractivity contribution in [1.29, 1.82) is 0 Å². The van der Waals surface area contributed by atoms with Gasteiger partial charge in [0, 0.05) is 100 Å². The van der Waals surface area contributed by atoms with Gasteiger partial charge in [0.25, 0.3) is 0 Å². The minimum Gasteiger partial charge on any atom is -0.507 e. The Kier molecular flexibility index (Phi) is 10.8. The second-order valence-corrected chi connectivity index (χ2v) is 13.8. The first kappa shape index (κ1) is 32.1. The fourth-order valence-electron chi connectivity index (χ4n) is 5.40. The van der Waals surface area contributed by atoms with E-state index in [-0.39, 0.29) is 10.8 Å². The van der Waals surface area contributed by atoms with E-state index < -0.39 is 0 Å². The van der Waals surface area contributed by atoms with E-state index in [1.165, 1.54) is 11.1 Å². The van der Waals surface area contributed by atoms with Gasteiger partial charge in [-0.1, -0.05) is 53.7 Å². The Bertz CT molecular complexity index is 1150. The first-order valence-electron chi connectivity index (χ1n) is 15.5. The van der Waals surface area contributed by atoms with E-state index in [1.807, 2.05) is 0 Å². The molecule has 0 amide bonds. The number of aromatic hydroxyl groups is 2. The zero-order chi connectivity index (χ0) is 30.3. The van der Waals surface area contributed by atoms with E-state index in [1.54, 1.807) is 12.4 Å². The number of nitrogens with zero attached hydrogens (tertiary/aromatic N) is 4. The van der Waals surface area contributed by atoms with Gasteiger partial charge in [-0.3, -0.25) is 19.8 Å². The molecule has 0 atom stereocenters. The second-order valence-electron chi connectivity index (χ2n) is 13.8. The summed E-state index contributed by atoms with van der Waals surface area (Å²) in [7, 11) is 0. The predicted molar refractivity (Wildman–Crippen MR) is 175 cm³/mol. The quantitative estimate of drug-likeness (QED) is 0.266. The van der Waals surface area contributed by atoms with Gasteiger partial charge >= 0.3 is 0 Å². The van der Waals surface area contributed by atoms with Crippen LogP contribution >= 0.6 is 0 Å². The Morgan fingerprint density at radius 2 is 1.00 bits per heavy atom. The zero-order valence-electron chi connectivity index (χ0n) is 26.6. The maximum Gasteiger partial charge on any atom is 0.128 e. The van der Waals surface area contributed by atoms with Crippen molar-refractivity contribution in [3.8, 4) is 11.5 Å². The third kappa shape index (κ3) is 8.86. The molecule has 0 bridgehead atoms. The lowest BCUT2D eigenvalue weighted by Crippen LogP contribution is -2.42. The number of benzene rings is 2. The highest BCUT2D eigenvalue weighted by Crippen LogP contribution is 2.32. The van der Waals surface area contributed by atoms with E-state index in [0.29, 0.717) is 24.6 Å². The van der Waals surface area contributed by atoms with Crippen molar-refractivity contribution in [3.05, 3.63) is 57.6 Å². The summed E-state index contributed by atoms with van der Waals surface area (Å²) in [4.78, 5) is 14.0. The van der Waals surface area contributed by atoms with Crippen LogP contribution in [0.4, 0.5) is 0 Å². The third-order valence-corrected chi connectivity index (χ3v) is 8.19. The van der Waals surface area contributed by atoms with Crippen LogP contribution in [-0.2, 0) is 23.9 Å². The maximum atomic E-state index is 11.1. The molecule has 4 N–H and O–H groups in total. The standard InChI is InChI=1S/C34H52N6O2/c1-33(2,3)29-17-25(31(41)27(19-29)23-39-13-9-35-10-14-39)21-37-7-8-38-22-26-18-30(34(4,5)6)20-28(32(26)42)24-40-15-11-36-12-16-40/h17-22,35-36,41-42H,7-16,23-24H2,1-6H3. The summed E-state index contributed by atoms with van der Waals surface area (Å²) < 4.78 is 0. The molecule has 8 nitrogen and oxygen atoms in total. The molecule has 8 heteroatoms. The zero-order valence-corrected chi connectivity index (χ0v) is 26.6. The number of nitrogens with one attached hydrogen (secondary N) is 2. The van der Waals surface area contributed by atoms with Gasteiger partial charge in [0.1, 0.15) is 11.5 Å². The maximum absolute atomic E-state index is 11.1. The number of phenols is 2. The van der Waals surface area contributed by atoms with Crippen LogP contribution in [0.1, 0.15) is 74.9 Å². The molecule has 2 saturated heterocycles. The number of aliphatic imine (C=N–C) groups is 2. The van der Waals surface area contributed by atoms with Gasteiger partial charge in [-0.05, 0) is 34.1 Å². The molecule has 2 aliphatic heterocycles. The summed E-state index contributed by atoms with van der Waals surface area (Å²) >= 11 is 0. The molecule has 2 fully saturated rings. The SMILES string of the molecule is CC(C)(C)c1cc(C=NCCN=Cc2cc(C(C)(C)C)cc(CN3CCNCC3)c2O)c(O)c(CN2CCNCC2)c1. The summed E-state index contributed by atoms with van der Waals surface area (Å²) in [5, 5.41) is 29.0. The van der Waals surface area contributed by atoms with Crippen molar-refractivity contribution >= 4 is 12.4 Å². The summed E-state index contributed by atoms with van der Waals surface area (Å²) in [5.74, 6) is 0.629. The molecule has 230 valence electrons. The third-order valence-electron chi connectivity index (χ3n) is 8.19. The normalized spacial score (nSPS) is 18.0. The molecule has 2 heterocycles. The van der Waals surface area contributed by atoms with Crippen molar-refractivity contribution in [3.63, 3.8) is 0 Å². The number of phenolic OH excluding ortho intramolecular Hbond substituents is 2. The van der Waals surface area contributed by atoms with E-state index >= 15 is 0 Å². The molecule has 0 aliphatic carbocycles. The van der Waals surface area contributed by atoms with Crippen molar-refractivity contribution < 1.29 is 10.2 Å². The van der Waals surface area contributed by atoms with Gasteiger partial charge in [0.15, 0.2) is 0 Å². The molecular weight excluding hydrogens is 524 g/mol. The van der Waals surface area contributed by atoms with E-state index in [0.717, 1.165) is 87.7 Å². The average molecular weight is 577 g/mol. The Morgan fingerprint density at radius 3 is 1.33 bits per heavy atom. The van der Waals surface area contributed by atoms with Crippen molar-refractivity contribution in [2.24, 2.45) is 9.98 Å². The highest BCUT2D eigenvalue weighted by Gasteiger charge is 2.22. The molecule has 42 heavy (non-hydrogen) atoms. The molecule has 0 saturated carbocycles. The van der Waals surface area contributed by atoms with Gasteiger partial charge in [0.05, 0.1) is 13.1 Å². The largest absolute Gasteiger partial charge is 0.507 e. The smallest absolute Gasteiger partial charge is 0.128 e. The summed E-state index contributed by atoms with van der Waals surface area (Å²) in [6, 6.07) is 8.40. The van der Waals surface area contributed by atoms with Crippen LogP contribution in [0.15, 0.2) is 34.3 Å². The van der Waals surface area contributed by atoms with Crippen molar-refractivity contribution in [1.82, 2.24) is 20.4 Å². The minimum atomic E-state index is -0.0356. The van der Waals surface area contributed by atoms with Gasteiger partial charge in [-0.25, -0.2) is 0 Å². The van der Waals surface area contributed by atoms with Crippen molar-refractivity contribution in [2.75, 3.05) is 65.4 Å². The van der Waals surface area contributed by atoms with Crippen LogP contribution in [0.5, 0.6) is 11.5 Å². The summed E-state index contributed by atoms with van der Waals surface area (Å²) in [5.41, 5.74) is 5.73. The van der Waals surface area contributed by atoms with Gasteiger partial charge in [0.2, 0.25) is 0 Å². The molecule has 2 aromatic rings. The van der Waals surface area contributed by atoms with Crippen LogP contribution in [0.25, 0.3) is 0 Å². The lowest BCUT2D eigenvalue weighted by Gasteiger charge is -2.29. The number of hydrogen-bond acceptors (Lipinski definition) is 8. The molecule has 0 radical (unpaired) electrons. The Hall–Kier alpha value is -2.78. The van der Waals surface area contributed by atoms with Crippen LogP contribution in [0.2, 0.25) is 0 Å². The number of hydrogen-bond donors (Lipinski definition) is 4. The lowest BCUT2D eigenvalue weighted by atomic mass is 9.84. The topological polar surface area (TPSA) is 95.7 Å². The van der Waals surface area contributed by atoms with Gasteiger partial charge in [-0.15, -0.1) is 0 Å². The Balaban J connectivity index is 1.46. The Morgan fingerprint density at radius 1 is 0.643 bits per heavy atom. The van der Waals surface area contributed by atoms with Crippen molar-refractivity contribution in [2.45, 2.75) is 65.5 Å². The van der Waals surface area contributed by atoms with E-state index in [4.69, 9.17) is 0 Å². The molecule has 2 aromatic carbocycles. The lowest BCUT2D eigenvalue weighted by molar-refractivity contribution is 0.230. The van der Waals surface area contributed by atoms with Crippen LogP contribution in [-0.4, -0.2) is 97.9 Å². The van der Waals surface area contributed by atoms with E-state index in [2.05, 4.69) is 96.2 Å². The highest BCUT2D eigenvalue weighted by molar-refractivity contribution is 5.85. The molecule has 0 aromatic heterocycles. The number of rotatable bonds is 9. The first-order chi connectivity index (χ1) is 19.9. The van der Waals surface area contributed by atoms with Crippen LogP contribution < -0.4 is 10.6 Å². The minimum absolute atomic E-state index is 0.0356. The fourth-order valence-corrected chi connectivity index (χ4v) is 5.40. The fraction of sp³-hybridized carbons (Fsp3) is 0.588.